The maximum atomic E-state index is 12.4. The van der Waals surface area contributed by atoms with E-state index < -0.39 is 10.2 Å². The molecule has 0 bridgehead atoms. The molecule has 2 heterocycles. The second kappa shape index (κ2) is 6.26. The fourth-order valence-electron chi connectivity index (χ4n) is 2.48. The molecule has 0 amide bonds. The first-order chi connectivity index (χ1) is 9.42. The van der Waals surface area contributed by atoms with Crippen molar-refractivity contribution < 1.29 is 12.8 Å². The molecule has 6 nitrogen and oxygen atoms in total. The van der Waals surface area contributed by atoms with Crippen LogP contribution in [0.4, 0.5) is 0 Å². The van der Waals surface area contributed by atoms with E-state index in [4.69, 9.17) is 10.2 Å². The molecule has 0 aliphatic carbocycles. The third-order valence-corrected chi connectivity index (χ3v) is 5.33. The van der Waals surface area contributed by atoms with Crippen LogP contribution < -0.4 is 10.5 Å². The van der Waals surface area contributed by atoms with Crippen molar-refractivity contribution in [3.8, 4) is 0 Å². The minimum Gasteiger partial charge on any atom is -0.465 e. The number of hydrogen-bond donors (Lipinski definition) is 2. The molecule has 20 heavy (non-hydrogen) atoms. The average Bonchev–Trinajstić information content (AvgIpc) is 2.85. The Balaban J connectivity index is 2.03. The smallest absolute Gasteiger partial charge is 0.280 e. The second-order valence-electron chi connectivity index (χ2n) is 5.39. The van der Waals surface area contributed by atoms with E-state index in [1.54, 1.807) is 13.0 Å². The van der Waals surface area contributed by atoms with Crippen LogP contribution in [0.25, 0.3) is 0 Å². The van der Waals surface area contributed by atoms with Crippen LogP contribution in [0.3, 0.4) is 0 Å². The highest BCUT2D eigenvalue weighted by Gasteiger charge is 2.30. The summed E-state index contributed by atoms with van der Waals surface area (Å²) in [5.41, 5.74) is 5.65. The molecule has 3 N–H and O–H groups in total. The summed E-state index contributed by atoms with van der Waals surface area (Å²) in [6.45, 7) is 5.19. The number of nitrogens with two attached hydrogens (primary N) is 1. The van der Waals surface area contributed by atoms with E-state index in [9.17, 15) is 8.42 Å². The summed E-state index contributed by atoms with van der Waals surface area (Å²) in [4.78, 5) is 0. The Morgan fingerprint density at radius 2 is 2.30 bits per heavy atom. The predicted octanol–water partition coefficient (Wildman–Crippen LogP) is 1.15. The highest BCUT2D eigenvalue weighted by Crippen LogP contribution is 2.21. The molecule has 7 heteroatoms. The SMILES string of the molecule is Cc1ccc(C(C)NS(=O)(=O)N2CCCC(CN)C2)o1. The van der Waals surface area contributed by atoms with Crippen LogP contribution in [0.5, 0.6) is 0 Å². The van der Waals surface area contributed by atoms with Gasteiger partial charge in [-0.25, -0.2) is 0 Å². The highest BCUT2D eigenvalue weighted by atomic mass is 32.2. The summed E-state index contributed by atoms with van der Waals surface area (Å²) >= 11 is 0. The van der Waals surface area contributed by atoms with Crippen LogP contribution in [0, 0.1) is 12.8 Å². The zero-order chi connectivity index (χ0) is 14.8. The van der Waals surface area contributed by atoms with E-state index in [1.165, 1.54) is 4.31 Å². The Bertz CT molecular complexity index is 541. The van der Waals surface area contributed by atoms with Crippen LogP contribution in [0.2, 0.25) is 0 Å². The molecular formula is C13H23N3O3S. The van der Waals surface area contributed by atoms with Crippen molar-refractivity contribution in [1.82, 2.24) is 9.03 Å². The number of rotatable bonds is 5. The monoisotopic (exact) mass is 301 g/mol. The third kappa shape index (κ3) is 3.60. The van der Waals surface area contributed by atoms with Crippen molar-refractivity contribution in [2.75, 3.05) is 19.6 Å². The molecule has 1 saturated heterocycles. The van der Waals surface area contributed by atoms with Gasteiger partial charge in [0.05, 0.1) is 6.04 Å². The average molecular weight is 301 g/mol. The first kappa shape index (κ1) is 15.5. The molecule has 1 aliphatic rings. The van der Waals surface area contributed by atoms with E-state index in [2.05, 4.69) is 4.72 Å². The standard InChI is InChI=1S/C13H23N3O3S/c1-10-5-6-13(19-10)11(2)15-20(17,18)16-7-3-4-12(8-14)9-16/h5-6,11-12,15H,3-4,7-9,14H2,1-2H3. The molecule has 0 spiro atoms. The molecular weight excluding hydrogens is 278 g/mol. The molecule has 1 aromatic heterocycles. The number of piperidine rings is 1. The van der Waals surface area contributed by atoms with Crippen LogP contribution in [-0.4, -0.2) is 32.4 Å². The number of furan rings is 1. The zero-order valence-electron chi connectivity index (χ0n) is 12.0. The fourth-order valence-corrected chi connectivity index (χ4v) is 3.97. The lowest BCUT2D eigenvalue weighted by atomic mass is 10.0. The fraction of sp³-hybridized carbons (Fsp3) is 0.692. The molecule has 2 unspecified atom stereocenters. The van der Waals surface area contributed by atoms with Crippen LogP contribution >= 0.6 is 0 Å². The first-order valence-corrected chi connectivity index (χ1v) is 8.40. The maximum Gasteiger partial charge on any atom is 0.280 e. The lowest BCUT2D eigenvalue weighted by Crippen LogP contribution is -2.47. The maximum absolute atomic E-state index is 12.4. The van der Waals surface area contributed by atoms with Gasteiger partial charge in [-0.3, -0.25) is 0 Å². The quantitative estimate of drug-likeness (QED) is 0.854. The van der Waals surface area contributed by atoms with E-state index in [0.29, 0.717) is 25.4 Å². The summed E-state index contributed by atoms with van der Waals surface area (Å²) < 4.78 is 34.3. The Hall–Kier alpha value is -0.890. The molecule has 0 radical (unpaired) electrons. The van der Waals surface area contributed by atoms with Gasteiger partial charge in [-0.2, -0.15) is 17.4 Å². The van der Waals surface area contributed by atoms with Crippen molar-refractivity contribution in [1.29, 1.82) is 0 Å². The van der Waals surface area contributed by atoms with Gasteiger partial charge < -0.3 is 10.2 Å². The molecule has 2 atom stereocenters. The number of hydrogen-bond acceptors (Lipinski definition) is 4. The highest BCUT2D eigenvalue weighted by molar-refractivity contribution is 7.87. The Morgan fingerprint density at radius 3 is 2.90 bits per heavy atom. The van der Waals surface area contributed by atoms with E-state index in [-0.39, 0.29) is 12.0 Å². The van der Waals surface area contributed by atoms with Gasteiger partial charge in [0.15, 0.2) is 0 Å². The minimum absolute atomic E-state index is 0.251. The molecule has 114 valence electrons. The van der Waals surface area contributed by atoms with Gasteiger partial charge in [0.1, 0.15) is 11.5 Å². The van der Waals surface area contributed by atoms with Gasteiger partial charge in [0.25, 0.3) is 10.2 Å². The topological polar surface area (TPSA) is 88.6 Å². The molecule has 0 saturated carbocycles. The molecule has 2 rings (SSSR count). The zero-order valence-corrected chi connectivity index (χ0v) is 12.8. The third-order valence-electron chi connectivity index (χ3n) is 3.67. The van der Waals surface area contributed by atoms with Crippen LogP contribution in [-0.2, 0) is 10.2 Å². The van der Waals surface area contributed by atoms with E-state index >= 15 is 0 Å². The lowest BCUT2D eigenvalue weighted by Gasteiger charge is -2.31. The van der Waals surface area contributed by atoms with E-state index in [1.807, 2.05) is 13.0 Å². The van der Waals surface area contributed by atoms with Crippen molar-refractivity contribution in [3.05, 3.63) is 23.7 Å². The van der Waals surface area contributed by atoms with E-state index in [0.717, 1.165) is 18.6 Å². The number of nitrogens with one attached hydrogen (secondary N) is 1. The number of aryl methyl sites for hydroxylation is 1. The normalized spacial score (nSPS) is 22.9. The van der Waals surface area contributed by atoms with Crippen molar-refractivity contribution in [3.63, 3.8) is 0 Å². The van der Waals surface area contributed by atoms with Crippen LogP contribution in [0.1, 0.15) is 37.3 Å². The summed E-state index contributed by atoms with van der Waals surface area (Å²) in [5, 5.41) is 0. The van der Waals surface area contributed by atoms with Gasteiger partial charge in [-0.05, 0) is 51.3 Å². The van der Waals surface area contributed by atoms with Gasteiger partial charge in [0, 0.05) is 13.1 Å². The molecule has 0 aromatic carbocycles. The molecule has 1 aromatic rings. The van der Waals surface area contributed by atoms with Crippen molar-refractivity contribution in [2.24, 2.45) is 11.7 Å². The van der Waals surface area contributed by atoms with Crippen molar-refractivity contribution >= 4 is 10.2 Å². The van der Waals surface area contributed by atoms with Gasteiger partial charge in [-0.1, -0.05) is 0 Å². The minimum atomic E-state index is -3.50. The summed E-state index contributed by atoms with van der Waals surface area (Å²) in [5.74, 6) is 1.65. The van der Waals surface area contributed by atoms with Gasteiger partial charge in [0.2, 0.25) is 0 Å². The Kier molecular flexibility index (Phi) is 4.85. The lowest BCUT2D eigenvalue weighted by molar-refractivity contribution is 0.266. The predicted molar refractivity (Wildman–Crippen MR) is 77.3 cm³/mol. The first-order valence-electron chi connectivity index (χ1n) is 6.96. The summed E-state index contributed by atoms with van der Waals surface area (Å²) in [6.07, 6.45) is 1.85. The second-order valence-corrected chi connectivity index (χ2v) is 7.10. The summed E-state index contributed by atoms with van der Waals surface area (Å²) in [7, 11) is -3.50. The van der Waals surface area contributed by atoms with Crippen molar-refractivity contribution in [2.45, 2.75) is 32.7 Å². The largest absolute Gasteiger partial charge is 0.465 e. The van der Waals surface area contributed by atoms with Gasteiger partial charge >= 0.3 is 0 Å². The number of nitrogens with zero attached hydrogens (tertiary/aromatic N) is 1. The Labute approximate surface area is 120 Å². The van der Waals surface area contributed by atoms with Gasteiger partial charge in [-0.15, -0.1) is 0 Å². The van der Waals surface area contributed by atoms with Crippen LogP contribution in [0.15, 0.2) is 16.5 Å². The molecule has 1 fully saturated rings. The molecule has 1 aliphatic heterocycles. The summed E-state index contributed by atoms with van der Waals surface area (Å²) in [6, 6.07) is 3.24. The Morgan fingerprint density at radius 1 is 1.55 bits per heavy atom.